The van der Waals surface area contributed by atoms with Crippen molar-refractivity contribution in [2.24, 2.45) is 28.6 Å². The molecule has 4 bridgehead atoms. The van der Waals surface area contributed by atoms with Gasteiger partial charge in [0.05, 0.1) is 0 Å². The smallest absolute Gasteiger partial charge is 0.0113 e. The first-order valence-corrected chi connectivity index (χ1v) is 6.64. The van der Waals surface area contributed by atoms with Crippen molar-refractivity contribution in [2.45, 2.75) is 52.9 Å². The molecule has 0 spiro atoms. The van der Waals surface area contributed by atoms with E-state index in [0.29, 0.717) is 10.8 Å². The van der Waals surface area contributed by atoms with E-state index in [1.54, 1.807) is 5.57 Å². The van der Waals surface area contributed by atoms with Crippen molar-refractivity contribution in [1.29, 1.82) is 0 Å². The zero-order valence-corrected chi connectivity index (χ0v) is 10.5. The van der Waals surface area contributed by atoms with E-state index in [2.05, 4.69) is 27.4 Å². The van der Waals surface area contributed by atoms with Gasteiger partial charge in [-0.3, -0.25) is 0 Å². The van der Waals surface area contributed by atoms with Crippen LogP contribution in [-0.2, 0) is 0 Å². The maximum Gasteiger partial charge on any atom is -0.0113 e. The van der Waals surface area contributed by atoms with E-state index in [9.17, 15) is 0 Å². The average Bonchev–Trinajstić information content (AvgIpc) is 2.30. The second kappa shape index (κ2) is 2.70. The third-order valence-corrected chi connectivity index (χ3v) is 6.01. The summed E-state index contributed by atoms with van der Waals surface area (Å²) in [7, 11) is 0. The topological polar surface area (TPSA) is 0 Å². The van der Waals surface area contributed by atoms with Crippen LogP contribution >= 0.6 is 0 Å². The fourth-order valence-electron chi connectivity index (χ4n) is 5.32. The van der Waals surface area contributed by atoms with Gasteiger partial charge in [0.15, 0.2) is 0 Å². The first kappa shape index (κ1) is 9.93. The molecule has 4 fully saturated rings. The highest BCUT2D eigenvalue weighted by Gasteiger charge is 2.65. The summed E-state index contributed by atoms with van der Waals surface area (Å²) in [6, 6.07) is 0. The Morgan fingerprint density at radius 2 is 1.93 bits per heavy atom. The number of hydrogen-bond acceptors (Lipinski definition) is 0. The number of hydrogen-bond donors (Lipinski definition) is 0. The summed E-state index contributed by atoms with van der Waals surface area (Å²) in [6.45, 7) is 11.9. The van der Waals surface area contributed by atoms with Gasteiger partial charge >= 0.3 is 0 Å². The van der Waals surface area contributed by atoms with Crippen molar-refractivity contribution < 1.29 is 0 Å². The largest absolute Gasteiger partial charge is 0.0995 e. The summed E-state index contributed by atoms with van der Waals surface area (Å²) in [4.78, 5) is 0. The van der Waals surface area contributed by atoms with Crippen LogP contribution in [0, 0.1) is 28.6 Å². The Bertz CT molecular complexity index is 312. The first-order valence-electron chi connectivity index (χ1n) is 6.64. The van der Waals surface area contributed by atoms with Crippen molar-refractivity contribution in [2.75, 3.05) is 0 Å². The van der Waals surface area contributed by atoms with Crippen molar-refractivity contribution in [3.05, 3.63) is 12.2 Å². The molecule has 0 aromatic rings. The molecular weight excluding hydrogens is 180 g/mol. The van der Waals surface area contributed by atoms with Gasteiger partial charge in [-0.25, -0.2) is 0 Å². The predicted molar refractivity (Wildman–Crippen MR) is 64.6 cm³/mol. The van der Waals surface area contributed by atoms with Crippen LogP contribution in [0.25, 0.3) is 0 Å². The molecule has 0 saturated heterocycles. The summed E-state index contributed by atoms with van der Waals surface area (Å²) in [5, 5.41) is 0. The predicted octanol–water partition coefficient (Wildman–Crippen LogP) is 4.42. The minimum absolute atomic E-state index is 0.578. The van der Waals surface area contributed by atoms with Crippen molar-refractivity contribution in [3.8, 4) is 0 Å². The molecule has 0 heteroatoms. The van der Waals surface area contributed by atoms with E-state index in [1.807, 2.05) is 0 Å². The molecule has 0 nitrogen and oxygen atoms in total. The second-order valence-corrected chi connectivity index (χ2v) is 7.15. The molecule has 4 rings (SSSR count). The van der Waals surface area contributed by atoms with Gasteiger partial charge < -0.3 is 0 Å². The zero-order chi connectivity index (χ0) is 10.8. The fraction of sp³-hybridized carbons (Fsp3) is 0.867. The Labute approximate surface area is 94.1 Å². The molecule has 0 aromatic heterocycles. The van der Waals surface area contributed by atoms with Crippen LogP contribution < -0.4 is 0 Å². The molecule has 0 radical (unpaired) electrons. The van der Waals surface area contributed by atoms with E-state index < -0.39 is 0 Å². The maximum atomic E-state index is 4.37. The summed E-state index contributed by atoms with van der Waals surface area (Å²) in [6.07, 6.45) is 7.09. The van der Waals surface area contributed by atoms with E-state index in [4.69, 9.17) is 0 Å². The normalized spacial score (nSPS) is 51.9. The molecule has 0 heterocycles. The van der Waals surface area contributed by atoms with Gasteiger partial charge in [-0.15, -0.1) is 0 Å². The second-order valence-electron chi connectivity index (χ2n) is 7.15. The SMILES string of the molecule is C=C1CC[C@H]2[C@H]3[C@@H]1[C@]2(C)CCCC3(C)C. The molecule has 0 aliphatic heterocycles. The number of fused-ring (bicyclic) bond motifs is 2. The third-order valence-electron chi connectivity index (χ3n) is 6.01. The molecule has 84 valence electrons. The molecule has 4 atom stereocenters. The highest BCUT2D eigenvalue weighted by atomic mass is 14.7. The lowest BCUT2D eigenvalue weighted by Gasteiger charge is -2.67. The molecule has 0 aromatic carbocycles. The molecule has 0 N–H and O–H groups in total. The summed E-state index contributed by atoms with van der Waals surface area (Å²) in [5.74, 6) is 2.85. The van der Waals surface area contributed by atoms with Crippen LogP contribution in [0.3, 0.4) is 0 Å². The van der Waals surface area contributed by atoms with Gasteiger partial charge in [0.2, 0.25) is 0 Å². The van der Waals surface area contributed by atoms with E-state index >= 15 is 0 Å². The fourth-order valence-corrected chi connectivity index (χ4v) is 5.32. The Morgan fingerprint density at radius 3 is 2.60 bits per heavy atom. The van der Waals surface area contributed by atoms with Gasteiger partial charge in [-0.1, -0.05) is 39.3 Å². The van der Waals surface area contributed by atoms with E-state index in [1.165, 1.54) is 32.1 Å². The third kappa shape index (κ3) is 1.04. The Kier molecular flexibility index (Phi) is 1.79. The van der Waals surface area contributed by atoms with Gasteiger partial charge in [0, 0.05) is 0 Å². The van der Waals surface area contributed by atoms with Crippen molar-refractivity contribution >= 4 is 0 Å². The maximum absolute atomic E-state index is 4.37. The number of allylic oxidation sites excluding steroid dienone is 1. The summed E-state index contributed by atoms with van der Waals surface area (Å²) < 4.78 is 0. The molecule has 0 amide bonds. The van der Waals surface area contributed by atoms with Gasteiger partial charge in [0.25, 0.3) is 0 Å². The van der Waals surface area contributed by atoms with E-state index in [0.717, 1.165) is 17.8 Å². The van der Waals surface area contributed by atoms with Gasteiger partial charge in [0.1, 0.15) is 0 Å². The van der Waals surface area contributed by atoms with Crippen LogP contribution in [0.15, 0.2) is 12.2 Å². The van der Waals surface area contributed by atoms with Crippen molar-refractivity contribution in [1.82, 2.24) is 0 Å². The summed E-state index contributed by atoms with van der Waals surface area (Å²) in [5.41, 5.74) is 2.81. The molecule has 4 aliphatic rings. The monoisotopic (exact) mass is 204 g/mol. The van der Waals surface area contributed by atoms with Gasteiger partial charge in [-0.2, -0.15) is 0 Å². The highest BCUT2D eigenvalue weighted by Crippen LogP contribution is 2.73. The molecular formula is C15H24. The molecule has 4 saturated carbocycles. The van der Waals surface area contributed by atoms with Crippen LogP contribution in [0.5, 0.6) is 0 Å². The van der Waals surface area contributed by atoms with Crippen molar-refractivity contribution in [3.63, 3.8) is 0 Å². The highest BCUT2D eigenvalue weighted by molar-refractivity contribution is 5.26. The lowest BCUT2D eigenvalue weighted by Crippen LogP contribution is -2.61. The number of rotatable bonds is 0. The van der Waals surface area contributed by atoms with E-state index in [-0.39, 0.29) is 0 Å². The van der Waals surface area contributed by atoms with Crippen LogP contribution in [-0.4, -0.2) is 0 Å². The Hall–Kier alpha value is -0.260. The average molecular weight is 204 g/mol. The van der Waals surface area contributed by atoms with Gasteiger partial charge in [-0.05, 0) is 54.3 Å². The zero-order valence-electron chi connectivity index (χ0n) is 10.5. The first-order chi connectivity index (χ1) is 6.97. The Balaban J connectivity index is 2.04. The lowest BCUT2D eigenvalue weighted by molar-refractivity contribution is -0.153. The van der Waals surface area contributed by atoms with Crippen LogP contribution in [0.4, 0.5) is 0 Å². The summed E-state index contributed by atoms with van der Waals surface area (Å²) >= 11 is 0. The minimum Gasteiger partial charge on any atom is -0.0995 e. The molecule has 4 aliphatic carbocycles. The van der Waals surface area contributed by atoms with Crippen LogP contribution in [0.2, 0.25) is 0 Å². The molecule has 0 unspecified atom stereocenters. The molecule has 15 heavy (non-hydrogen) atoms. The standard InChI is InChI=1S/C15H24/c1-10-6-7-11-13-12(10)15(11,4)9-5-8-14(13,2)3/h11-13H,1,5-9H2,2-4H3/t11-,12+,13-,15+/m0/s1. The van der Waals surface area contributed by atoms with Crippen LogP contribution in [0.1, 0.15) is 52.9 Å². The Morgan fingerprint density at radius 1 is 1.20 bits per heavy atom. The minimum atomic E-state index is 0.578. The lowest BCUT2D eigenvalue weighted by atomic mass is 9.37. The quantitative estimate of drug-likeness (QED) is 0.513.